The van der Waals surface area contributed by atoms with Gasteiger partial charge in [-0.3, -0.25) is 9.36 Å². The number of unbranched alkanes of at least 4 members (excludes halogenated alkanes) is 5. The number of hydrogen-bond acceptors (Lipinski definition) is 4. The van der Waals surface area contributed by atoms with Gasteiger partial charge in [0.25, 0.3) is 0 Å². The predicted octanol–water partition coefficient (Wildman–Crippen LogP) is 13.5. The van der Waals surface area contributed by atoms with Crippen molar-refractivity contribution < 1.29 is 0 Å². The maximum absolute atomic E-state index is 4.55. The highest BCUT2D eigenvalue weighted by Gasteiger charge is 2.42. The molecule has 0 aliphatic heterocycles. The highest BCUT2D eigenvalue weighted by molar-refractivity contribution is 6.91. The number of aromatic nitrogens is 6. The molecule has 4 rings (SSSR count). The molecule has 2 aromatic heterocycles. The van der Waals surface area contributed by atoms with Crippen LogP contribution >= 0.6 is 0 Å². The number of aryl methyl sites for hydroxylation is 4. The molecule has 58 heavy (non-hydrogen) atoms. The normalized spacial score (nSPS) is 12.3. The van der Waals surface area contributed by atoms with Crippen LogP contribution < -0.4 is 0 Å². The highest BCUT2D eigenvalue weighted by atomic mass is 28.3. The average Bonchev–Trinajstić information content (AvgIpc) is 3.86. The van der Waals surface area contributed by atoms with E-state index >= 15 is 0 Å². The van der Waals surface area contributed by atoms with Crippen LogP contribution in [-0.2, 0) is 25.9 Å². The first-order valence-electron chi connectivity index (χ1n) is 22.7. The summed E-state index contributed by atoms with van der Waals surface area (Å²) >= 11 is 0. The molecule has 0 aliphatic carbocycles. The second-order valence-corrected chi connectivity index (χ2v) is 29.8. The van der Waals surface area contributed by atoms with Crippen LogP contribution in [-0.4, -0.2) is 46.1 Å². The van der Waals surface area contributed by atoms with Crippen LogP contribution in [0.15, 0.2) is 48.8 Å². The summed E-state index contributed by atoms with van der Waals surface area (Å²) in [6, 6.07) is 13.3. The lowest BCUT2D eigenvalue weighted by Crippen LogP contribution is -2.43. The molecule has 4 aromatic rings. The Balaban J connectivity index is 1.23. The summed E-state index contributed by atoms with van der Waals surface area (Å²) in [5, 5.41) is 18.0. The van der Waals surface area contributed by atoms with Gasteiger partial charge < -0.3 is 0 Å². The standard InChI is InChI=1S/C50H76N6Si2/c1-15-43-33-47(25-23-45(43)27-31-57(37(3)4,38(5)6)39(7)8)49-35-55(53-51-49)29-21-19-17-18-20-22-30-56-36-50(52-54-56)48-26-24-46(44(16-2)34-48)28-32-58(40(9)10,41(11)12)42(13)14/h23-26,33-42H,15-22,29-30H2,1-14H3. The van der Waals surface area contributed by atoms with Crippen molar-refractivity contribution in [1.82, 2.24) is 30.0 Å². The Labute approximate surface area is 355 Å². The molecule has 0 radical (unpaired) electrons. The summed E-state index contributed by atoms with van der Waals surface area (Å²) in [4.78, 5) is 0. The van der Waals surface area contributed by atoms with Gasteiger partial charge in [0.2, 0.25) is 0 Å². The second-order valence-electron chi connectivity index (χ2n) is 18.6. The molecule has 2 aromatic carbocycles. The molecular formula is C50H76N6Si2. The molecule has 0 saturated heterocycles. The molecule has 0 fully saturated rings. The van der Waals surface area contributed by atoms with Crippen LogP contribution in [0.4, 0.5) is 0 Å². The minimum absolute atomic E-state index is 0.627. The molecule has 0 atom stereocenters. The first-order chi connectivity index (χ1) is 27.6. The van der Waals surface area contributed by atoms with E-state index in [0.717, 1.165) is 61.3 Å². The fraction of sp³-hybridized carbons (Fsp3) is 0.600. The summed E-state index contributed by atoms with van der Waals surface area (Å²) in [5.74, 6) is 7.36. The van der Waals surface area contributed by atoms with Crippen LogP contribution in [0.25, 0.3) is 22.5 Å². The Kier molecular flexibility index (Phi) is 17.4. The van der Waals surface area contributed by atoms with Crippen molar-refractivity contribution in [2.75, 3.05) is 0 Å². The summed E-state index contributed by atoms with van der Waals surface area (Å²) in [6.07, 6.45) is 13.2. The van der Waals surface area contributed by atoms with Gasteiger partial charge >= 0.3 is 0 Å². The molecule has 8 heteroatoms. The van der Waals surface area contributed by atoms with E-state index in [1.54, 1.807) is 0 Å². The molecule has 6 nitrogen and oxygen atoms in total. The second kappa shape index (κ2) is 21.5. The van der Waals surface area contributed by atoms with E-state index in [2.05, 4.69) is 189 Å². The van der Waals surface area contributed by atoms with Gasteiger partial charge in [0.05, 0.1) is 12.4 Å². The third kappa shape index (κ3) is 11.1. The lowest BCUT2D eigenvalue weighted by Gasteiger charge is -2.38. The van der Waals surface area contributed by atoms with Crippen molar-refractivity contribution in [2.24, 2.45) is 0 Å². The van der Waals surface area contributed by atoms with Crippen molar-refractivity contribution in [3.63, 3.8) is 0 Å². The van der Waals surface area contributed by atoms with Crippen molar-refractivity contribution in [3.05, 3.63) is 71.0 Å². The maximum atomic E-state index is 4.55. The van der Waals surface area contributed by atoms with Gasteiger partial charge in [-0.05, 0) is 94.3 Å². The molecule has 0 aliphatic rings. The summed E-state index contributed by atoms with van der Waals surface area (Å²) in [7, 11) is -3.56. The summed E-state index contributed by atoms with van der Waals surface area (Å²) in [6.45, 7) is 34.8. The van der Waals surface area contributed by atoms with Gasteiger partial charge in [0.15, 0.2) is 0 Å². The van der Waals surface area contributed by atoms with Gasteiger partial charge in [0, 0.05) is 35.3 Å². The van der Waals surface area contributed by atoms with Crippen molar-refractivity contribution in [3.8, 4) is 45.4 Å². The molecule has 0 N–H and O–H groups in total. The van der Waals surface area contributed by atoms with E-state index in [4.69, 9.17) is 0 Å². The first kappa shape index (κ1) is 47.0. The molecule has 0 unspecified atom stereocenters. The quantitative estimate of drug-likeness (QED) is 0.0537. The first-order valence-corrected chi connectivity index (χ1v) is 27.2. The van der Waals surface area contributed by atoms with Gasteiger partial charge in [-0.25, -0.2) is 0 Å². The minimum atomic E-state index is -1.78. The predicted molar refractivity (Wildman–Crippen MR) is 253 cm³/mol. The minimum Gasteiger partial charge on any atom is -0.252 e. The lowest BCUT2D eigenvalue weighted by atomic mass is 10.0. The Bertz CT molecular complexity index is 1840. The fourth-order valence-corrected chi connectivity index (χ4v) is 20.3. The van der Waals surface area contributed by atoms with Crippen LogP contribution in [0.1, 0.15) is 158 Å². The van der Waals surface area contributed by atoms with Gasteiger partial charge in [-0.15, -0.1) is 21.3 Å². The zero-order chi connectivity index (χ0) is 42.6. The molecule has 2 heterocycles. The number of hydrogen-bond donors (Lipinski definition) is 0. The summed E-state index contributed by atoms with van der Waals surface area (Å²) < 4.78 is 4.02. The Morgan fingerprint density at radius 2 is 0.810 bits per heavy atom. The molecular weight excluding hydrogens is 741 g/mol. The van der Waals surface area contributed by atoms with Crippen molar-refractivity contribution >= 4 is 16.1 Å². The van der Waals surface area contributed by atoms with E-state index in [1.807, 2.05) is 9.36 Å². The molecule has 314 valence electrons. The lowest BCUT2D eigenvalue weighted by molar-refractivity contribution is 0.493. The van der Waals surface area contributed by atoms with E-state index in [-0.39, 0.29) is 0 Å². The molecule has 0 bridgehead atoms. The fourth-order valence-electron chi connectivity index (χ4n) is 9.89. The third-order valence-corrected chi connectivity index (χ3v) is 25.8. The summed E-state index contributed by atoms with van der Waals surface area (Å²) in [5.41, 5.74) is 20.6. The van der Waals surface area contributed by atoms with Crippen molar-refractivity contribution in [2.45, 2.75) is 195 Å². The van der Waals surface area contributed by atoms with Gasteiger partial charge in [0.1, 0.15) is 27.5 Å². The zero-order valence-electron chi connectivity index (χ0n) is 38.8. The highest BCUT2D eigenvalue weighted by Crippen LogP contribution is 2.42. The van der Waals surface area contributed by atoms with Gasteiger partial charge in [-0.2, -0.15) is 0 Å². The van der Waals surface area contributed by atoms with Crippen LogP contribution in [0.2, 0.25) is 33.2 Å². The number of benzene rings is 2. The van der Waals surface area contributed by atoms with Crippen molar-refractivity contribution in [1.29, 1.82) is 0 Å². The average molecular weight is 817 g/mol. The monoisotopic (exact) mass is 817 g/mol. The molecule has 0 amide bonds. The number of rotatable bonds is 19. The van der Waals surface area contributed by atoms with E-state index in [1.165, 1.54) is 47.9 Å². The van der Waals surface area contributed by atoms with E-state index in [9.17, 15) is 0 Å². The number of nitrogens with zero attached hydrogens (tertiary/aromatic N) is 6. The van der Waals surface area contributed by atoms with Crippen LogP contribution in [0, 0.1) is 22.9 Å². The molecule has 0 spiro atoms. The smallest absolute Gasteiger partial charge is 0.146 e. The van der Waals surface area contributed by atoms with Crippen LogP contribution in [0.5, 0.6) is 0 Å². The SMILES string of the molecule is CCc1cc(-c2cn(CCCCCCCCn3cc(-c4ccc(C#C[Si](C(C)C)(C(C)C)C(C)C)c(CC)c4)nn3)nn2)ccc1C#C[Si](C(C)C)(C(C)C)C(C)C. The van der Waals surface area contributed by atoms with Gasteiger partial charge in [-0.1, -0.05) is 157 Å². The maximum Gasteiger partial charge on any atom is 0.146 e. The van der Waals surface area contributed by atoms with E-state index in [0.29, 0.717) is 33.2 Å². The third-order valence-electron chi connectivity index (χ3n) is 13.2. The topological polar surface area (TPSA) is 61.4 Å². The van der Waals surface area contributed by atoms with Crippen LogP contribution in [0.3, 0.4) is 0 Å². The zero-order valence-corrected chi connectivity index (χ0v) is 40.8. The largest absolute Gasteiger partial charge is 0.252 e. The Hall–Kier alpha value is -3.73. The molecule has 0 saturated carbocycles. The Morgan fingerprint density at radius 3 is 1.12 bits per heavy atom. The van der Waals surface area contributed by atoms with E-state index < -0.39 is 16.1 Å². The Morgan fingerprint density at radius 1 is 0.483 bits per heavy atom.